The van der Waals surface area contributed by atoms with Gasteiger partial charge in [-0.2, -0.15) is 0 Å². The van der Waals surface area contributed by atoms with E-state index in [4.69, 9.17) is 11.6 Å². The maximum atomic E-state index is 13.1. The van der Waals surface area contributed by atoms with Gasteiger partial charge in [-0.25, -0.2) is 0 Å². The summed E-state index contributed by atoms with van der Waals surface area (Å²) in [4.78, 5) is 29.4. The second-order valence-electron chi connectivity index (χ2n) is 8.03. The predicted molar refractivity (Wildman–Crippen MR) is 112 cm³/mol. The van der Waals surface area contributed by atoms with Crippen molar-refractivity contribution in [1.29, 1.82) is 0 Å². The van der Waals surface area contributed by atoms with Gasteiger partial charge in [-0.05, 0) is 50.5 Å². The van der Waals surface area contributed by atoms with E-state index in [0.717, 1.165) is 22.3 Å². The number of likely N-dealkylation sites (N-methyl/N-ethyl adjacent to an activating group) is 1. The third kappa shape index (κ3) is 4.22. The molecule has 1 fully saturated rings. The van der Waals surface area contributed by atoms with E-state index in [1.165, 1.54) is 0 Å². The maximum Gasteiger partial charge on any atom is 0.248 e. The summed E-state index contributed by atoms with van der Waals surface area (Å²) in [6.07, 6.45) is 1.01. The normalized spacial score (nSPS) is 18.5. The fraction of sp³-hybridized carbons (Fsp3) is 0.391. The maximum absolute atomic E-state index is 13.1. The average molecular weight is 399 g/mol. The zero-order valence-electron chi connectivity index (χ0n) is 17.0. The molecule has 2 aromatic rings. The number of nitrogens with zero attached hydrogens (tertiary/aromatic N) is 2. The summed E-state index contributed by atoms with van der Waals surface area (Å²) in [5.74, 6) is -0.0317. The van der Waals surface area contributed by atoms with Crippen molar-refractivity contribution >= 4 is 23.4 Å². The van der Waals surface area contributed by atoms with Crippen LogP contribution in [-0.4, -0.2) is 40.7 Å². The van der Waals surface area contributed by atoms with E-state index in [9.17, 15) is 9.59 Å². The zero-order chi connectivity index (χ0) is 20.5. The van der Waals surface area contributed by atoms with Crippen molar-refractivity contribution in [2.75, 3.05) is 13.6 Å². The lowest BCUT2D eigenvalue weighted by Gasteiger charge is -2.50. The second-order valence-corrected chi connectivity index (χ2v) is 8.47. The molecule has 28 heavy (non-hydrogen) atoms. The van der Waals surface area contributed by atoms with Crippen LogP contribution in [0.3, 0.4) is 0 Å². The highest BCUT2D eigenvalue weighted by molar-refractivity contribution is 6.30. The summed E-state index contributed by atoms with van der Waals surface area (Å²) in [7, 11) is 1.78. The molecule has 0 radical (unpaired) electrons. The molecule has 1 unspecified atom stereocenters. The molecule has 0 saturated carbocycles. The van der Waals surface area contributed by atoms with Crippen LogP contribution in [0, 0.1) is 13.8 Å². The van der Waals surface area contributed by atoms with Crippen LogP contribution < -0.4 is 0 Å². The molecule has 1 heterocycles. The molecule has 0 aromatic heterocycles. The molecule has 1 aliphatic rings. The molecular weight excluding hydrogens is 372 g/mol. The van der Waals surface area contributed by atoms with Gasteiger partial charge in [-0.15, -0.1) is 0 Å². The molecule has 1 saturated heterocycles. The number of carbonyl (C=O) groups excluding carboxylic acids is 2. The van der Waals surface area contributed by atoms with Crippen molar-refractivity contribution < 1.29 is 9.59 Å². The third-order valence-corrected chi connectivity index (χ3v) is 5.71. The highest BCUT2D eigenvalue weighted by atomic mass is 35.5. The summed E-state index contributed by atoms with van der Waals surface area (Å²) in [6.45, 7) is 7.02. The first-order valence-electron chi connectivity index (χ1n) is 9.57. The molecular formula is C23H27ClN2O2. The first-order valence-corrected chi connectivity index (χ1v) is 9.94. The highest BCUT2D eigenvalue weighted by Crippen LogP contribution is 2.33. The Hall–Kier alpha value is -2.33. The number of rotatable bonds is 5. The number of benzene rings is 2. The SMILES string of the molecule is Cc1cc(C)cc(CC(=O)N2CCC2(C)C(=O)N(C)Cc2cccc(Cl)c2)c1. The van der Waals surface area contributed by atoms with Gasteiger partial charge in [0.15, 0.2) is 0 Å². The average Bonchev–Trinajstić information content (AvgIpc) is 2.58. The number of carbonyl (C=O) groups is 2. The van der Waals surface area contributed by atoms with Crippen molar-refractivity contribution in [2.45, 2.75) is 45.7 Å². The summed E-state index contributed by atoms with van der Waals surface area (Å²) in [6, 6.07) is 13.7. The molecule has 1 atom stereocenters. The molecule has 2 amide bonds. The number of hydrogen-bond donors (Lipinski definition) is 0. The van der Waals surface area contributed by atoms with Gasteiger partial charge in [-0.1, -0.05) is 53.1 Å². The van der Waals surface area contributed by atoms with Crippen LogP contribution in [0.2, 0.25) is 5.02 Å². The first kappa shape index (κ1) is 20.4. The predicted octanol–water partition coefficient (Wildman–Crippen LogP) is 4.15. The van der Waals surface area contributed by atoms with Crippen LogP contribution in [0.1, 0.15) is 35.6 Å². The van der Waals surface area contributed by atoms with E-state index in [-0.39, 0.29) is 11.8 Å². The Balaban J connectivity index is 1.68. The summed E-state index contributed by atoms with van der Waals surface area (Å²) < 4.78 is 0. The fourth-order valence-electron chi connectivity index (χ4n) is 4.01. The standard InChI is InChI=1S/C23H27ClN2O2/c1-16-10-17(2)12-19(11-16)14-21(27)26-9-8-23(26,3)22(28)25(4)15-18-6-5-7-20(24)13-18/h5-7,10-13H,8-9,14-15H2,1-4H3. The van der Waals surface area contributed by atoms with Gasteiger partial charge in [0.05, 0.1) is 6.42 Å². The Bertz CT molecular complexity index is 891. The molecule has 0 aliphatic carbocycles. The Morgan fingerprint density at radius 2 is 1.79 bits per heavy atom. The third-order valence-electron chi connectivity index (χ3n) is 5.47. The van der Waals surface area contributed by atoms with Gasteiger partial charge in [0.1, 0.15) is 5.54 Å². The van der Waals surface area contributed by atoms with Crippen LogP contribution in [-0.2, 0) is 22.6 Å². The Morgan fingerprint density at radius 3 is 2.36 bits per heavy atom. The van der Waals surface area contributed by atoms with Crippen molar-refractivity contribution in [3.05, 3.63) is 69.7 Å². The molecule has 148 valence electrons. The van der Waals surface area contributed by atoms with Gasteiger partial charge >= 0.3 is 0 Å². The summed E-state index contributed by atoms with van der Waals surface area (Å²) >= 11 is 6.04. The minimum atomic E-state index is -0.775. The highest BCUT2D eigenvalue weighted by Gasteiger charge is 2.50. The van der Waals surface area contributed by atoms with Crippen LogP contribution in [0.4, 0.5) is 0 Å². The van der Waals surface area contributed by atoms with E-state index in [1.807, 2.05) is 57.2 Å². The topological polar surface area (TPSA) is 40.6 Å². The molecule has 0 N–H and O–H groups in total. The number of hydrogen-bond acceptors (Lipinski definition) is 2. The minimum Gasteiger partial charge on any atom is -0.339 e. The van der Waals surface area contributed by atoms with E-state index in [2.05, 4.69) is 6.07 Å². The first-order chi connectivity index (χ1) is 13.2. The quantitative estimate of drug-likeness (QED) is 0.759. The molecule has 3 rings (SSSR count). The van der Waals surface area contributed by atoms with Crippen LogP contribution >= 0.6 is 11.6 Å². The van der Waals surface area contributed by atoms with E-state index in [0.29, 0.717) is 31.0 Å². The molecule has 5 heteroatoms. The minimum absolute atomic E-state index is 0.00301. The van der Waals surface area contributed by atoms with Crippen LogP contribution in [0.25, 0.3) is 0 Å². The number of aryl methyl sites for hydroxylation is 2. The molecule has 2 aromatic carbocycles. The van der Waals surface area contributed by atoms with E-state index in [1.54, 1.807) is 16.8 Å². The Labute approximate surface area is 172 Å². The van der Waals surface area contributed by atoms with Crippen molar-refractivity contribution in [3.8, 4) is 0 Å². The van der Waals surface area contributed by atoms with Crippen LogP contribution in [0.5, 0.6) is 0 Å². The van der Waals surface area contributed by atoms with Crippen LogP contribution in [0.15, 0.2) is 42.5 Å². The van der Waals surface area contributed by atoms with Gasteiger partial charge in [0.25, 0.3) is 0 Å². The van der Waals surface area contributed by atoms with E-state index < -0.39 is 5.54 Å². The lowest BCUT2D eigenvalue weighted by Crippen LogP contribution is -2.67. The summed E-state index contributed by atoms with van der Waals surface area (Å²) in [5, 5.41) is 0.651. The van der Waals surface area contributed by atoms with Gasteiger partial charge < -0.3 is 9.80 Å². The Morgan fingerprint density at radius 1 is 1.11 bits per heavy atom. The molecule has 0 spiro atoms. The zero-order valence-corrected chi connectivity index (χ0v) is 17.7. The van der Waals surface area contributed by atoms with Crippen molar-refractivity contribution in [3.63, 3.8) is 0 Å². The monoisotopic (exact) mass is 398 g/mol. The van der Waals surface area contributed by atoms with Gasteiger partial charge in [0.2, 0.25) is 11.8 Å². The lowest BCUT2D eigenvalue weighted by atomic mass is 9.84. The number of halogens is 1. The smallest absolute Gasteiger partial charge is 0.248 e. The molecule has 1 aliphatic heterocycles. The van der Waals surface area contributed by atoms with Crippen molar-refractivity contribution in [2.24, 2.45) is 0 Å². The van der Waals surface area contributed by atoms with Gasteiger partial charge in [0, 0.05) is 25.2 Å². The molecule has 0 bridgehead atoms. The second kappa shape index (κ2) is 7.96. The fourth-order valence-corrected chi connectivity index (χ4v) is 4.23. The Kier molecular flexibility index (Phi) is 5.80. The van der Waals surface area contributed by atoms with Gasteiger partial charge in [-0.3, -0.25) is 9.59 Å². The van der Waals surface area contributed by atoms with E-state index >= 15 is 0 Å². The number of likely N-dealkylation sites (tertiary alicyclic amines) is 1. The molecule has 4 nitrogen and oxygen atoms in total. The lowest BCUT2D eigenvalue weighted by molar-refractivity contribution is -0.163. The van der Waals surface area contributed by atoms with Crippen molar-refractivity contribution in [1.82, 2.24) is 9.80 Å². The summed E-state index contributed by atoms with van der Waals surface area (Å²) in [5.41, 5.74) is 3.48. The largest absolute Gasteiger partial charge is 0.339 e. The number of amides is 2.